The Kier molecular flexibility index (Phi) is 3.07. The van der Waals surface area contributed by atoms with Gasteiger partial charge in [-0.25, -0.2) is 0 Å². The number of hydrogen-bond donors (Lipinski definition) is 2. The summed E-state index contributed by atoms with van der Waals surface area (Å²) >= 11 is 0. The first-order valence-corrected chi connectivity index (χ1v) is 5.78. The van der Waals surface area contributed by atoms with Crippen molar-refractivity contribution in [1.82, 2.24) is 5.32 Å². The van der Waals surface area contributed by atoms with Crippen LogP contribution < -0.4 is 15.8 Å². The maximum Gasteiger partial charge on any atom is 0.237 e. The van der Waals surface area contributed by atoms with E-state index >= 15 is 0 Å². The lowest BCUT2D eigenvalue weighted by atomic mass is 10.0. The van der Waals surface area contributed by atoms with Crippen LogP contribution in [-0.4, -0.2) is 18.1 Å². The van der Waals surface area contributed by atoms with Crippen molar-refractivity contribution < 1.29 is 9.53 Å². The Morgan fingerprint density at radius 1 is 1.53 bits per heavy atom. The molecule has 0 saturated carbocycles. The first-order chi connectivity index (χ1) is 7.99. The van der Waals surface area contributed by atoms with Crippen LogP contribution in [0.15, 0.2) is 18.2 Å². The third-order valence-electron chi connectivity index (χ3n) is 3.10. The first-order valence-electron chi connectivity index (χ1n) is 5.78. The number of benzene rings is 1. The molecule has 0 fully saturated rings. The van der Waals surface area contributed by atoms with Gasteiger partial charge >= 0.3 is 0 Å². The smallest absolute Gasteiger partial charge is 0.237 e. The number of nitrogens with one attached hydrogen (secondary N) is 1. The third kappa shape index (κ3) is 2.58. The number of carbonyl (C=O) groups is 1. The molecule has 1 aliphatic rings. The van der Waals surface area contributed by atoms with Gasteiger partial charge in [0.2, 0.25) is 5.91 Å². The van der Waals surface area contributed by atoms with Crippen LogP contribution in [0.25, 0.3) is 0 Å². The van der Waals surface area contributed by atoms with E-state index in [0.717, 1.165) is 24.3 Å². The average molecular weight is 234 g/mol. The second kappa shape index (κ2) is 4.37. The number of carbonyl (C=O) groups excluding carboxylic acids is 1. The van der Waals surface area contributed by atoms with Crippen molar-refractivity contribution in [2.75, 3.05) is 6.61 Å². The molecule has 0 atom stereocenters. The summed E-state index contributed by atoms with van der Waals surface area (Å²) in [6, 6.07) is 6.11. The van der Waals surface area contributed by atoms with E-state index in [4.69, 9.17) is 10.5 Å². The lowest BCUT2D eigenvalue weighted by Gasteiger charge is -2.22. The zero-order valence-corrected chi connectivity index (χ0v) is 10.2. The van der Waals surface area contributed by atoms with Crippen LogP contribution in [0.2, 0.25) is 0 Å². The molecule has 1 aromatic carbocycles. The number of hydrogen-bond acceptors (Lipinski definition) is 3. The molecule has 0 aromatic heterocycles. The van der Waals surface area contributed by atoms with Gasteiger partial charge in [-0.15, -0.1) is 0 Å². The molecule has 0 aliphatic carbocycles. The van der Waals surface area contributed by atoms with Gasteiger partial charge in [-0.05, 0) is 31.0 Å². The summed E-state index contributed by atoms with van der Waals surface area (Å²) < 4.78 is 5.44. The second-order valence-electron chi connectivity index (χ2n) is 4.88. The Labute approximate surface area is 101 Å². The van der Waals surface area contributed by atoms with Crippen molar-refractivity contribution in [2.45, 2.75) is 32.4 Å². The largest absolute Gasteiger partial charge is 0.493 e. The zero-order chi connectivity index (χ0) is 12.5. The molecule has 2 rings (SSSR count). The topological polar surface area (TPSA) is 64.3 Å². The molecular weight excluding hydrogens is 216 g/mol. The van der Waals surface area contributed by atoms with E-state index in [2.05, 4.69) is 11.4 Å². The number of ether oxygens (including phenoxy) is 1. The molecule has 4 nitrogen and oxygen atoms in total. The van der Waals surface area contributed by atoms with E-state index < -0.39 is 5.54 Å². The molecule has 92 valence electrons. The Morgan fingerprint density at radius 3 is 3.00 bits per heavy atom. The van der Waals surface area contributed by atoms with E-state index in [1.165, 1.54) is 5.56 Å². The lowest BCUT2D eigenvalue weighted by Crippen LogP contribution is -2.50. The first kappa shape index (κ1) is 11.9. The molecular formula is C13H18N2O2. The van der Waals surface area contributed by atoms with Gasteiger partial charge in [-0.3, -0.25) is 10.1 Å². The van der Waals surface area contributed by atoms with Gasteiger partial charge in [0.25, 0.3) is 0 Å². The normalized spacial score (nSPS) is 14.2. The molecule has 4 heteroatoms. The standard InChI is InChI=1S/C13H18N2O2/c1-13(2,12(14)16)15-8-9-3-4-11-10(7-9)5-6-17-11/h3-4,7,15H,5-6,8H2,1-2H3,(H2,14,16). The minimum Gasteiger partial charge on any atom is -0.493 e. The van der Waals surface area contributed by atoms with Crippen LogP contribution in [0.4, 0.5) is 0 Å². The van der Waals surface area contributed by atoms with Crippen LogP contribution in [0.5, 0.6) is 5.75 Å². The van der Waals surface area contributed by atoms with Gasteiger partial charge < -0.3 is 10.5 Å². The van der Waals surface area contributed by atoms with Crippen molar-refractivity contribution in [3.05, 3.63) is 29.3 Å². The predicted molar refractivity (Wildman–Crippen MR) is 65.8 cm³/mol. The Bertz CT molecular complexity index is 441. The number of amides is 1. The fraction of sp³-hybridized carbons (Fsp3) is 0.462. The SMILES string of the molecule is CC(C)(NCc1ccc2c(c1)CCO2)C(N)=O. The van der Waals surface area contributed by atoms with Crippen LogP contribution in [0, 0.1) is 0 Å². The Balaban J connectivity index is 2.03. The minimum absolute atomic E-state index is 0.345. The van der Waals surface area contributed by atoms with Gasteiger partial charge in [-0.2, -0.15) is 0 Å². The summed E-state index contributed by atoms with van der Waals surface area (Å²) in [5.41, 5.74) is 7.00. The van der Waals surface area contributed by atoms with Crippen molar-refractivity contribution >= 4 is 5.91 Å². The van der Waals surface area contributed by atoms with Crippen molar-refractivity contribution in [3.63, 3.8) is 0 Å². The van der Waals surface area contributed by atoms with Crippen molar-refractivity contribution in [2.24, 2.45) is 5.73 Å². The lowest BCUT2D eigenvalue weighted by molar-refractivity contribution is -0.123. The number of rotatable bonds is 4. The predicted octanol–water partition coefficient (Wildman–Crippen LogP) is 0.975. The minimum atomic E-state index is -0.685. The van der Waals surface area contributed by atoms with Gasteiger partial charge in [0, 0.05) is 13.0 Å². The summed E-state index contributed by atoms with van der Waals surface area (Å²) in [7, 11) is 0. The van der Waals surface area contributed by atoms with Crippen LogP contribution in [-0.2, 0) is 17.8 Å². The molecule has 0 bridgehead atoms. The van der Waals surface area contributed by atoms with E-state index in [-0.39, 0.29) is 5.91 Å². The van der Waals surface area contributed by atoms with Gasteiger partial charge in [0.1, 0.15) is 5.75 Å². The molecule has 1 aliphatic heterocycles. The fourth-order valence-corrected chi connectivity index (χ4v) is 1.76. The highest BCUT2D eigenvalue weighted by atomic mass is 16.5. The maximum atomic E-state index is 11.2. The Hall–Kier alpha value is -1.55. The summed E-state index contributed by atoms with van der Waals surface area (Å²) in [6.45, 7) is 4.96. The van der Waals surface area contributed by atoms with E-state index in [1.54, 1.807) is 13.8 Å². The highest BCUT2D eigenvalue weighted by molar-refractivity contribution is 5.83. The fourth-order valence-electron chi connectivity index (χ4n) is 1.76. The van der Waals surface area contributed by atoms with E-state index in [1.807, 2.05) is 12.1 Å². The molecule has 1 aromatic rings. The van der Waals surface area contributed by atoms with E-state index in [9.17, 15) is 4.79 Å². The highest BCUT2D eigenvalue weighted by Gasteiger charge is 2.23. The van der Waals surface area contributed by atoms with Gasteiger partial charge in [0.15, 0.2) is 0 Å². The van der Waals surface area contributed by atoms with Gasteiger partial charge in [0.05, 0.1) is 12.1 Å². The van der Waals surface area contributed by atoms with Crippen LogP contribution in [0.3, 0.4) is 0 Å². The van der Waals surface area contributed by atoms with Gasteiger partial charge in [-0.1, -0.05) is 12.1 Å². The second-order valence-corrected chi connectivity index (χ2v) is 4.88. The molecule has 1 heterocycles. The number of nitrogens with two attached hydrogens (primary N) is 1. The number of primary amides is 1. The molecule has 0 radical (unpaired) electrons. The van der Waals surface area contributed by atoms with Crippen LogP contribution in [0.1, 0.15) is 25.0 Å². The molecule has 0 saturated heterocycles. The molecule has 17 heavy (non-hydrogen) atoms. The maximum absolute atomic E-state index is 11.2. The third-order valence-corrected chi connectivity index (χ3v) is 3.10. The number of fused-ring (bicyclic) bond motifs is 1. The van der Waals surface area contributed by atoms with Crippen molar-refractivity contribution in [3.8, 4) is 5.75 Å². The zero-order valence-electron chi connectivity index (χ0n) is 10.2. The summed E-state index contributed by atoms with van der Waals surface area (Å²) in [5, 5.41) is 3.15. The Morgan fingerprint density at radius 2 is 2.29 bits per heavy atom. The van der Waals surface area contributed by atoms with E-state index in [0.29, 0.717) is 6.54 Å². The van der Waals surface area contributed by atoms with Crippen LogP contribution >= 0.6 is 0 Å². The molecule has 0 unspecified atom stereocenters. The summed E-state index contributed by atoms with van der Waals surface area (Å²) in [5.74, 6) is 0.630. The molecule has 0 spiro atoms. The molecule has 1 amide bonds. The molecule has 3 N–H and O–H groups in total. The summed E-state index contributed by atoms with van der Waals surface area (Å²) in [4.78, 5) is 11.2. The van der Waals surface area contributed by atoms with Crippen molar-refractivity contribution in [1.29, 1.82) is 0 Å². The monoisotopic (exact) mass is 234 g/mol. The average Bonchev–Trinajstić information content (AvgIpc) is 2.73. The summed E-state index contributed by atoms with van der Waals surface area (Å²) in [6.07, 6.45) is 0.961. The quantitative estimate of drug-likeness (QED) is 0.816. The highest BCUT2D eigenvalue weighted by Crippen LogP contribution is 2.25.